The van der Waals surface area contributed by atoms with Crippen LogP contribution in [0.25, 0.3) is 11.0 Å². The minimum absolute atomic E-state index is 0.693. The molecule has 3 aromatic heterocycles. The molecule has 0 spiro atoms. The molecule has 0 aliphatic rings. The van der Waals surface area contributed by atoms with Gasteiger partial charge in [0.25, 0.3) is 0 Å². The number of anilines is 1. The summed E-state index contributed by atoms with van der Waals surface area (Å²) in [6.07, 6.45) is 1.83. The van der Waals surface area contributed by atoms with Gasteiger partial charge in [-0.1, -0.05) is 0 Å². The maximum atomic E-state index is 4.47. The topological polar surface area (TPSA) is 82.3 Å². The number of aromatic nitrogens is 5. The van der Waals surface area contributed by atoms with Gasteiger partial charge in [0.15, 0.2) is 0 Å². The minimum atomic E-state index is 0.693. The Bertz CT molecular complexity index is 724. The molecule has 0 fully saturated rings. The molecule has 0 amide bonds. The molecule has 0 aliphatic heterocycles. The third-order valence-corrected chi connectivity index (χ3v) is 3.11. The van der Waals surface area contributed by atoms with Crippen LogP contribution in [0, 0.1) is 20.8 Å². The van der Waals surface area contributed by atoms with E-state index in [9.17, 15) is 0 Å². The highest BCUT2D eigenvalue weighted by Gasteiger charge is 2.09. The van der Waals surface area contributed by atoms with Gasteiger partial charge in [0, 0.05) is 23.5 Å². The van der Waals surface area contributed by atoms with Crippen molar-refractivity contribution in [3.05, 3.63) is 35.0 Å². The molecule has 0 radical (unpaired) electrons. The Morgan fingerprint density at radius 1 is 1.21 bits per heavy atom. The molecular formula is C13H16N6. The standard InChI is InChI=1S/C13H16N6/c1-7-4-11-12(17-9(3)18-13(11)16-7)14-5-10-6-15-19-8(10)2/h4,6H,5H2,1-3H3,(H,15,19)(H2,14,16,17,18). The molecular weight excluding hydrogens is 240 g/mol. The van der Waals surface area contributed by atoms with Gasteiger partial charge in [0.2, 0.25) is 0 Å². The fourth-order valence-electron chi connectivity index (χ4n) is 2.12. The van der Waals surface area contributed by atoms with Crippen LogP contribution < -0.4 is 5.32 Å². The summed E-state index contributed by atoms with van der Waals surface area (Å²) in [5.41, 5.74) is 4.16. The Kier molecular flexibility index (Phi) is 2.70. The van der Waals surface area contributed by atoms with Crippen molar-refractivity contribution < 1.29 is 0 Å². The van der Waals surface area contributed by atoms with E-state index in [-0.39, 0.29) is 0 Å². The Morgan fingerprint density at radius 3 is 2.79 bits per heavy atom. The highest BCUT2D eigenvalue weighted by Crippen LogP contribution is 2.21. The maximum absolute atomic E-state index is 4.47. The van der Waals surface area contributed by atoms with E-state index < -0.39 is 0 Å². The van der Waals surface area contributed by atoms with Gasteiger partial charge in [-0.3, -0.25) is 5.10 Å². The van der Waals surface area contributed by atoms with Crippen LogP contribution in [0.15, 0.2) is 12.3 Å². The molecule has 0 aromatic carbocycles. The Labute approximate surface area is 110 Å². The molecule has 0 bridgehead atoms. The van der Waals surface area contributed by atoms with Crippen molar-refractivity contribution in [2.24, 2.45) is 0 Å². The highest BCUT2D eigenvalue weighted by atomic mass is 15.1. The monoisotopic (exact) mass is 256 g/mol. The van der Waals surface area contributed by atoms with Crippen molar-refractivity contribution in [3.8, 4) is 0 Å². The third kappa shape index (κ3) is 2.16. The van der Waals surface area contributed by atoms with Gasteiger partial charge in [0.1, 0.15) is 17.3 Å². The summed E-state index contributed by atoms with van der Waals surface area (Å²) in [6.45, 7) is 6.61. The van der Waals surface area contributed by atoms with Gasteiger partial charge >= 0.3 is 0 Å². The van der Waals surface area contributed by atoms with Crippen LogP contribution in [0.4, 0.5) is 5.82 Å². The van der Waals surface area contributed by atoms with E-state index in [0.29, 0.717) is 6.54 Å². The molecule has 3 rings (SSSR count). The zero-order valence-corrected chi connectivity index (χ0v) is 11.2. The number of aryl methyl sites for hydroxylation is 3. The molecule has 0 unspecified atom stereocenters. The fourth-order valence-corrected chi connectivity index (χ4v) is 2.12. The van der Waals surface area contributed by atoms with Gasteiger partial charge < -0.3 is 10.3 Å². The number of hydrogen-bond acceptors (Lipinski definition) is 4. The normalized spacial score (nSPS) is 11.1. The van der Waals surface area contributed by atoms with Crippen LogP contribution in [0.5, 0.6) is 0 Å². The molecule has 3 N–H and O–H groups in total. The van der Waals surface area contributed by atoms with Gasteiger partial charge in [-0.25, -0.2) is 9.97 Å². The second kappa shape index (κ2) is 4.38. The van der Waals surface area contributed by atoms with Crippen molar-refractivity contribution in [3.63, 3.8) is 0 Å². The van der Waals surface area contributed by atoms with Gasteiger partial charge in [-0.15, -0.1) is 0 Å². The SMILES string of the molecule is Cc1nc(NCc2cn[nH]c2C)c2cc(C)[nH]c2n1. The number of fused-ring (bicyclic) bond motifs is 1. The quantitative estimate of drug-likeness (QED) is 0.671. The number of nitrogens with zero attached hydrogens (tertiary/aromatic N) is 3. The molecule has 3 aromatic rings. The number of hydrogen-bond donors (Lipinski definition) is 3. The molecule has 6 nitrogen and oxygen atoms in total. The van der Waals surface area contributed by atoms with E-state index in [1.807, 2.05) is 27.0 Å². The van der Waals surface area contributed by atoms with Crippen molar-refractivity contribution >= 4 is 16.9 Å². The fraction of sp³-hybridized carbons (Fsp3) is 0.308. The van der Waals surface area contributed by atoms with Crippen molar-refractivity contribution in [1.82, 2.24) is 25.1 Å². The zero-order valence-electron chi connectivity index (χ0n) is 11.2. The van der Waals surface area contributed by atoms with E-state index >= 15 is 0 Å². The molecule has 0 aliphatic carbocycles. The second-order valence-electron chi connectivity index (χ2n) is 4.71. The van der Waals surface area contributed by atoms with E-state index in [1.165, 1.54) is 0 Å². The first kappa shape index (κ1) is 11.7. The zero-order chi connectivity index (χ0) is 13.4. The van der Waals surface area contributed by atoms with E-state index in [4.69, 9.17) is 0 Å². The van der Waals surface area contributed by atoms with Crippen LogP contribution in [0.3, 0.4) is 0 Å². The average molecular weight is 256 g/mol. The van der Waals surface area contributed by atoms with Crippen LogP contribution in [0.2, 0.25) is 0 Å². The number of rotatable bonds is 3. The van der Waals surface area contributed by atoms with Crippen LogP contribution in [0.1, 0.15) is 22.8 Å². The first-order valence-corrected chi connectivity index (χ1v) is 6.20. The Morgan fingerprint density at radius 2 is 2.05 bits per heavy atom. The smallest absolute Gasteiger partial charge is 0.143 e. The molecule has 19 heavy (non-hydrogen) atoms. The van der Waals surface area contributed by atoms with Crippen molar-refractivity contribution in [1.29, 1.82) is 0 Å². The molecule has 0 saturated carbocycles. The average Bonchev–Trinajstić information content (AvgIpc) is 2.91. The molecule has 0 atom stereocenters. The Hall–Kier alpha value is -2.37. The molecule has 0 saturated heterocycles. The van der Waals surface area contributed by atoms with Crippen molar-refractivity contribution in [2.45, 2.75) is 27.3 Å². The van der Waals surface area contributed by atoms with Gasteiger partial charge in [0.05, 0.1) is 11.6 Å². The van der Waals surface area contributed by atoms with Crippen molar-refractivity contribution in [2.75, 3.05) is 5.32 Å². The predicted octanol–water partition coefficient (Wildman–Crippen LogP) is 2.22. The predicted molar refractivity (Wildman–Crippen MR) is 74.0 cm³/mol. The lowest BCUT2D eigenvalue weighted by Crippen LogP contribution is -2.04. The minimum Gasteiger partial charge on any atom is -0.365 e. The molecule has 6 heteroatoms. The summed E-state index contributed by atoms with van der Waals surface area (Å²) in [7, 11) is 0. The lowest BCUT2D eigenvalue weighted by Gasteiger charge is -2.06. The van der Waals surface area contributed by atoms with Crippen LogP contribution >= 0.6 is 0 Å². The first-order chi connectivity index (χ1) is 9.13. The number of nitrogens with one attached hydrogen (secondary N) is 3. The third-order valence-electron chi connectivity index (χ3n) is 3.11. The summed E-state index contributed by atoms with van der Waals surface area (Å²) in [5, 5.41) is 11.3. The molecule has 3 heterocycles. The first-order valence-electron chi connectivity index (χ1n) is 6.20. The summed E-state index contributed by atoms with van der Waals surface area (Å²) in [4.78, 5) is 12.1. The van der Waals surface area contributed by atoms with E-state index in [2.05, 4.69) is 36.5 Å². The summed E-state index contributed by atoms with van der Waals surface area (Å²) < 4.78 is 0. The highest BCUT2D eigenvalue weighted by molar-refractivity contribution is 5.87. The second-order valence-corrected chi connectivity index (χ2v) is 4.71. The lowest BCUT2D eigenvalue weighted by atomic mass is 10.2. The van der Waals surface area contributed by atoms with Gasteiger partial charge in [-0.05, 0) is 26.8 Å². The number of H-pyrrole nitrogens is 2. The van der Waals surface area contributed by atoms with Crippen LogP contribution in [-0.2, 0) is 6.54 Å². The number of aromatic amines is 2. The molecule has 98 valence electrons. The van der Waals surface area contributed by atoms with Crippen LogP contribution in [-0.4, -0.2) is 25.1 Å². The van der Waals surface area contributed by atoms with Gasteiger partial charge in [-0.2, -0.15) is 5.10 Å². The largest absolute Gasteiger partial charge is 0.365 e. The summed E-state index contributed by atoms with van der Waals surface area (Å²) >= 11 is 0. The summed E-state index contributed by atoms with van der Waals surface area (Å²) in [6, 6.07) is 2.05. The Balaban J connectivity index is 1.94. The van der Waals surface area contributed by atoms with E-state index in [0.717, 1.165) is 39.6 Å². The maximum Gasteiger partial charge on any atom is 0.143 e. The lowest BCUT2D eigenvalue weighted by molar-refractivity contribution is 1.03. The summed E-state index contributed by atoms with van der Waals surface area (Å²) in [5.74, 6) is 1.60. The van der Waals surface area contributed by atoms with E-state index in [1.54, 1.807) is 0 Å².